The topological polar surface area (TPSA) is 70.9 Å². The molecule has 5 nitrogen and oxygen atoms in total. The van der Waals surface area contributed by atoms with Crippen LogP contribution in [0.1, 0.15) is 22.5 Å². The number of nitrogens with one attached hydrogen (secondary N) is 1. The van der Waals surface area contributed by atoms with Crippen molar-refractivity contribution >= 4 is 22.7 Å². The van der Waals surface area contributed by atoms with Gasteiger partial charge in [-0.2, -0.15) is 5.26 Å². The third-order valence-corrected chi connectivity index (χ3v) is 4.33. The Kier molecular flexibility index (Phi) is 5.28. The van der Waals surface area contributed by atoms with Gasteiger partial charge in [0.25, 0.3) is 0 Å². The molecule has 0 aliphatic heterocycles. The summed E-state index contributed by atoms with van der Waals surface area (Å²) in [5.74, 6) is 1.77. The molecule has 0 saturated carbocycles. The number of fused-ring (bicyclic) bond motifs is 1. The molecule has 2 aromatic carbocycles. The number of ether oxygens (including phenoxy) is 2. The molecule has 3 aromatic rings. The molecule has 1 aromatic heterocycles. The van der Waals surface area contributed by atoms with Crippen LogP contribution in [-0.4, -0.2) is 23.7 Å². The van der Waals surface area contributed by atoms with Crippen LogP contribution in [0.5, 0.6) is 11.5 Å². The first kappa shape index (κ1) is 18.3. The molecule has 0 amide bonds. The average molecular weight is 359 g/mol. The molecule has 1 heterocycles. The van der Waals surface area contributed by atoms with Gasteiger partial charge in [-0.3, -0.25) is 0 Å². The lowest BCUT2D eigenvalue weighted by molar-refractivity contribution is 0.326. The number of aromatic amines is 1. The van der Waals surface area contributed by atoms with Crippen molar-refractivity contribution in [3.63, 3.8) is 0 Å². The molecule has 0 spiro atoms. The second kappa shape index (κ2) is 7.79. The summed E-state index contributed by atoms with van der Waals surface area (Å²) in [6.07, 6.45) is 3.45. The van der Waals surface area contributed by atoms with E-state index in [0.717, 1.165) is 16.6 Å². The van der Waals surface area contributed by atoms with E-state index in [1.807, 2.05) is 37.3 Å². The Balaban J connectivity index is 1.99. The van der Waals surface area contributed by atoms with Gasteiger partial charge in [-0.05, 0) is 60.9 Å². The molecule has 0 aliphatic carbocycles. The van der Waals surface area contributed by atoms with Gasteiger partial charge in [-0.1, -0.05) is 18.7 Å². The van der Waals surface area contributed by atoms with Crippen molar-refractivity contribution < 1.29 is 9.47 Å². The van der Waals surface area contributed by atoms with Crippen molar-refractivity contribution in [3.05, 3.63) is 65.5 Å². The Hall–Kier alpha value is -3.52. The number of imidazole rings is 1. The molecule has 0 bridgehead atoms. The Labute approximate surface area is 158 Å². The van der Waals surface area contributed by atoms with Crippen molar-refractivity contribution in [2.45, 2.75) is 13.8 Å². The highest BCUT2D eigenvalue weighted by molar-refractivity contribution is 5.90. The molecule has 0 saturated heterocycles. The maximum atomic E-state index is 9.63. The Morgan fingerprint density at radius 2 is 2.00 bits per heavy atom. The van der Waals surface area contributed by atoms with Crippen molar-refractivity contribution in [2.24, 2.45) is 0 Å². The monoisotopic (exact) mass is 359 g/mol. The molecule has 0 atom stereocenters. The Morgan fingerprint density at radius 1 is 1.22 bits per heavy atom. The highest BCUT2D eigenvalue weighted by atomic mass is 16.5. The maximum absolute atomic E-state index is 9.63. The van der Waals surface area contributed by atoms with E-state index >= 15 is 0 Å². The number of hydrogen-bond donors (Lipinski definition) is 1. The van der Waals surface area contributed by atoms with Crippen LogP contribution in [0.15, 0.2) is 43.0 Å². The molecular weight excluding hydrogens is 338 g/mol. The minimum absolute atomic E-state index is 0.396. The second-order valence-corrected chi connectivity index (χ2v) is 6.22. The summed E-state index contributed by atoms with van der Waals surface area (Å²) in [4.78, 5) is 7.80. The standard InChI is InChI=1S/C22H21N3O2/c1-5-8-27-20-7-6-16(12-21(20)26-4)11-17(13-23)22-24-18-9-14(2)15(3)10-19(18)25-22/h5-7,9-12H,1,8H2,2-4H3,(H,24,25)/b17-11+. The van der Waals surface area contributed by atoms with Gasteiger partial charge in [0.15, 0.2) is 11.5 Å². The van der Waals surface area contributed by atoms with Crippen molar-refractivity contribution in [3.8, 4) is 17.6 Å². The molecule has 0 fully saturated rings. The Morgan fingerprint density at radius 3 is 2.70 bits per heavy atom. The number of benzene rings is 2. The summed E-state index contributed by atoms with van der Waals surface area (Å²) < 4.78 is 10.9. The van der Waals surface area contributed by atoms with Crippen LogP contribution < -0.4 is 9.47 Å². The first-order valence-electron chi connectivity index (χ1n) is 8.56. The fraction of sp³-hybridized carbons (Fsp3) is 0.182. The average Bonchev–Trinajstić information content (AvgIpc) is 3.07. The van der Waals surface area contributed by atoms with Crippen LogP contribution in [-0.2, 0) is 0 Å². The van der Waals surface area contributed by atoms with Gasteiger partial charge < -0.3 is 14.5 Å². The van der Waals surface area contributed by atoms with Crippen molar-refractivity contribution in [2.75, 3.05) is 13.7 Å². The highest BCUT2D eigenvalue weighted by Gasteiger charge is 2.11. The van der Waals surface area contributed by atoms with E-state index in [1.165, 1.54) is 11.1 Å². The molecule has 5 heteroatoms. The number of aromatic nitrogens is 2. The van der Waals surface area contributed by atoms with Gasteiger partial charge in [-0.25, -0.2) is 4.98 Å². The van der Waals surface area contributed by atoms with Crippen LogP contribution in [0.25, 0.3) is 22.7 Å². The van der Waals surface area contributed by atoms with Crippen molar-refractivity contribution in [1.29, 1.82) is 5.26 Å². The molecule has 27 heavy (non-hydrogen) atoms. The summed E-state index contributed by atoms with van der Waals surface area (Å²) in [6, 6.07) is 11.8. The van der Waals surface area contributed by atoms with E-state index in [1.54, 1.807) is 19.3 Å². The third kappa shape index (κ3) is 3.85. The van der Waals surface area contributed by atoms with Crippen LogP contribution in [0.4, 0.5) is 0 Å². The molecule has 0 unspecified atom stereocenters. The van der Waals surface area contributed by atoms with Crippen molar-refractivity contribution in [1.82, 2.24) is 9.97 Å². The number of allylic oxidation sites excluding steroid dienone is 1. The summed E-state index contributed by atoms with van der Waals surface area (Å²) in [5, 5.41) is 9.63. The van der Waals surface area contributed by atoms with Crippen LogP contribution in [0.2, 0.25) is 0 Å². The lowest BCUT2D eigenvalue weighted by Gasteiger charge is -2.09. The zero-order chi connectivity index (χ0) is 19.4. The first-order valence-corrected chi connectivity index (χ1v) is 8.56. The van der Waals surface area contributed by atoms with Gasteiger partial charge in [0.1, 0.15) is 18.5 Å². The molecule has 136 valence electrons. The fourth-order valence-electron chi connectivity index (χ4n) is 2.76. The smallest absolute Gasteiger partial charge is 0.161 e. The van der Waals surface area contributed by atoms with Gasteiger partial charge in [0.05, 0.1) is 23.7 Å². The second-order valence-electron chi connectivity index (χ2n) is 6.22. The van der Waals surface area contributed by atoms with E-state index in [4.69, 9.17) is 9.47 Å². The fourth-order valence-corrected chi connectivity index (χ4v) is 2.76. The zero-order valence-electron chi connectivity index (χ0n) is 15.7. The maximum Gasteiger partial charge on any atom is 0.161 e. The van der Waals surface area contributed by atoms with Crippen LogP contribution >= 0.6 is 0 Å². The largest absolute Gasteiger partial charge is 0.493 e. The van der Waals surface area contributed by atoms with E-state index in [0.29, 0.717) is 29.5 Å². The molecule has 0 aliphatic rings. The number of nitrogens with zero attached hydrogens (tertiary/aromatic N) is 2. The third-order valence-electron chi connectivity index (χ3n) is 4.33. The molecule has 3 rings (SSSR count). The van der Waals surface area contributed by atoms with E-state index < -0.39 is 0 Å². The number of rotatable bonds is 6. The predicted octanol–water partition coefficient (Wildman–Crippen LogP) is 4.82. The van der Waals surface area contributed by atoms with Gasteiger partial charge in [0.2, 0.25) is 0 Å². The van der Waals surface area contributed by atoms with E-state index in [-0.39, 0.29) is 0 Å². The number of methoxy groups -OCH3 is 1. The summed E-state index contributed by atoms with van der Waals surface area (Å²) in [5.41, 5.74) is 5.38. The molecular formula is C22H21N3O2. The zero-order valence-corrected chi connectivity index (χ0v) is 15.7. The molecule has 0 radical (unpaired) electrons. The van der Waals surface area contributed by atoms with Crippen LogP contribution in [0, 0.1) is 25.2 Å². The highest BCUT2D eigenvalue weighted by Crippen LogP contribution is 2.30. The summed E-state index contributed by atoms with van der Waals surface area (Å²) in [7, 11) is 1.58. The minimum atomic E-state index is 0.396. The summed E-state index contributed by atoms with van der Waals surface area (Å²) in [6.45, 7) is 8.14. The van der Waals surface area contributed by atoms with E-state index in [9.17, 15) is 5.26 Å². The number of H-pyrrole nitrogens is 1. The minimum Gasteiger partial charge on any atom is -0.493 e. The summed E-state index contributed by atoms with van der Waals surface area (Å²) >= 11 is 0. The first-order chi connectivity index (χ1) is 13.0. The number of aryl methyl sites for hydroxylation is 2. The Bertz CT molecular complexity index is 1030. The van der Waals surface area contributed by atoms with Gasteiger partial charge >= 0.3 is 0 Å². The van der Waals surface area contributed by atoms with Gasteiger partial charge in [0, 0.05) is 0 Å². The molecule has 1 N–H and O–H groups in total. The predicted molar refractivity (Wildman–Crippen MR) is 108 cm³/mol. The lowest BCUT2D eigenvalue weighted by atomic mass is 10.1. The SMILES string of the molecule is C=CCOc1ccc(/C=C(\C#N)c2nc3cc(C)c(C)cc3[nH]2)cc1OC. The number of hydrogen-bond acceptors (Lipinski definition) is 4. The normalized spacial score (nSPS) is 11.3. The van der Waals surface area contributed by atoms with Gasteiger partial charge in [-0.15, -0.1) is 0 Å². The van der Waals surface area contributed by atoms with E-state index in [2.05, 4.69) is 29.5 Å². The lowest BCUT2D eigenvalue weighted by Crippen LogP contribution is -1.96. The quantitative estimate of drug-likeness (QED) is 0.506. The number of nitriles is 1. The van der Waals surface area contributed by atoms with Crippen LogP contribution in [0.3, 0.4) is 0 Å².